The van der Waals surface area contributed by atoms with Crippen molar-refractivity contribution in [1.82, 2.24) is 4.98 Å². The predicted octanol–water partition coefficient (Wildman–Crippen LogP) is 7.43. The Labute approximate surface area is 244 Å². The first-order valence-electron chi connectivity index (χ1n) is 13.8. The van der Waals surface area contributed by atoms with Gasteiger partial charge in [-0.3, -0.25) is 14.5 Å². The Bertz CT molecular complexity index is 1650. The molecule has 0 aliphatic carbocycles. The van der Waals surface area contributed by atoms with E-state index in [0.29, 0.717) is 34.4 Å². The van der Waals surface area contributed by atoms with E-state index < -0.39 is 17.7 Å². The molecule has 41 heavy (non-hydrogen) atoms. The van der Waals surface area contributed by atoms with E-state index >= 15 is 0 Å². The summed E-state index contributed by atoms with van der Waals surface area (Å²) in [5.74, 6) is -0.678. The number of ether oxygens (including phenoxy) is 2. The molecule has 2 heterocycles. The minimum Gasteiger partial charge on any atom is -0.507 e. The number of benzene rings is 3. The Morgan fingerprint density at radius 1 is 0.976 bits per heavy atom. The van der Waals surface area contributed by atoms with Crippen LogP contribution in [0.25, 0.3) is 16.0 Å². The number of aliphatic hydroxyl groups excluding tert-OH is 1. The molecule has 1 saturated heterocycles. The van der Waals surface area contributed by atoms with Gasteiger partial charge in [-0.15, -0.1) is 0 Å². The van der Waals surface area contributed by atoms with E-state index in [9.17, 15) is 14.7 Å². The number of nitrogens with zero attached hydrogens (tertiary/aromatic N) is 2. The molecule has 212 valence electrons. The van der Waals surface area contributed by atoms with Crippen molar-refractivity contribution in [3.8, 4) is 11.5 Å². The van der Waals surface area contributed by atoms with Crippen LogP contribution < -0.4 is 14.4 Å². The number of rotatable bonds is 9. The van der Waals surface area contributed by atoms with Gasteiger partial charge in [-0.1, -0.05) is 73.1 Å². The number of hydrogen-bond acceptors (Lipinski definition) is 7. The Morgan fingerprint density at radius 3 is 2.44 bits per heavy atom. The highest BCUT2D eigenvalue weighted by Gasteiger charge is 2.48. The third-order valence-corrected chi connectivity index (χ3v) is 8.30. The Morgan fingerprint density at radius 2 is 1.73 bits per heavy atom. The summed E-state index contributed by atoms with van der Waals surface area (Å²) in [4.78, 5) is 33.5. The number of hydrogen-bond donors (Lipinski definition) is 1. The molecule has 0 bridgehead atoms. The molecule has 1 atom stereocenters. The highest BCUT2D eigenvalue weighted by Crippen LogP contribution is 2.46. The summed E-state index contributed by atoms with van der Waals surface area (Å²) in [6, 6.07) is 15.7. The maximum atomic E-state index is 13.7. The topological polar surface area (TPSA) is 89.0 Å². The second-order valence-electron chi connectivity index (χ2n) is 10.4. The van der Waals surface area contributed by atoms with Gasteiger partial charge in [0, 0.05) is 5.56 Å². The van der Waals surface area contributed by atoms with Crippen molar-refractivity contribution in [2.45, 2.75) is 53.0 Å². The van der Waals surface area contributed by atoms with Crippen LogP contribution >= 0.6 is 11.3 Å². The van der Waals surface area contributed by atoms with Gasteiger partial charge in [0.05, 0.1) is 35.5 Å². The summed E-state index contributed by atoms with van der Waals surface area (Å²) >= 11 is 1.35. The zero-order chi connectivity index (χ0) is 29.3. The first kappa shape index (κ1) is 28.4. The van der Waals surface area contributed by atoms with Crippen LogP contribution in [0.4, 0.5) is 5.13 Å². The summed E-state index contributed by atoms with van der Waals surface area (Å²) in [6.07, 6.45) is 3.08. The molecule has 5 rings (SSSR count). The van der Waals surface area contributed by atoms with Crippen LogP contribution in [0.3, 0.4) is 0 Å². The first-order chi connectivity index (χ1) is 19.7. The molecule has 1 N–H and O–H groups in total. The number of aryl methyl sites for hydroxylation is 3. The second-order valence-corrected chi connectivity index (χ2v) is 11.4. The Balaban J connectivity index is 1.67. The lowest BCUT2D eigenvalue weighted by molar-refractivity contribution is -0.132. The molecule has 0 saturated carbocycles. The van der Waals surface area contributed by atoms with Crippen LogP contribution in [0, 0.1) is 20.8 Å². The standard InChI is InChI=1S/C33H34N2O5S/c1-6-7-8-15-40-24-14-13-23(18-25(24)39-5)29-27(30(36)22-11-9-19(2)10-12-22)31(37)32(38)35(29)33-34-28-21(4)16-20(3)17-26(28)41-33/h9-14,16-18,29,36H,6-8,15H2,1-5H3/b30-27+. The number of anilines is 1. The van der Waals surface area contributed by atoms with Crippen molar-refractivity contribution >= 4 is 44.1 Å². The van der Waals surface area contributed by atoms with Gasteiger partial charge in [0.1, 0.15) is 5.76 Å². The lowest BCUT2D eigenvalue weighted by Gasteiger charge is -2.24. The lowest BCUT2D eigenvalue weighted by Crippen LogP contribution is -2.29. The number of carbonyl (C=O) groups is 2. The fraction of sp³-hybridized carbons (Fsp3) is 0.303. The number of fused-ring (bicyclic) bond motifs is 1. The average Bonchev–Trinajstić information content (AvgIpc) is 3.49. The lowest BCUT2D eigenvalue weighted by atomic mass is 9.95. The second kappa shape index (κ2) is 11.7. The summed E-state index contributed by atoms with van der Waals surface area (Å²) < 4.78 is 12.6. The van der Waals surface area contributed by atoms with Crippen LogP contribution in [0.2, 0.25) is 0 Å². The van der Waals surface area contributed by atoms with Crippen LogP contribution in [-0.4, -0.2) is 35.5 Å². The minimum atomic E-state index is -0.915. The van der Waals surface area contributed by atoms with Crippen LogP contribution in [0.5, 0.6) is 11.5 Å². The Kier molecular flexibility index (Phi) is 8.13. The van der Waals surface area contributed by atoms with Crippen molar-refractivity contribution in [3.05, 3.63) is 88.0 Å². The number of amides is 1. The SMILES string of the molecule is CCCCCOc1ccc(C2/C(=C(\O)c3ccc(C)cc3)C(=O)C(=O)N2c2nc3c(C)cc(C)cc3s2)cc1OC. The van der Waals surface area contributed by atoms with Gasteiger partial charge < -0.3 is 14.6 Å². The quantitative estimate of drug-likeness (QED) is 0.0975. The molecule has 8 heteroatoms. The maximum Gasteiger partial charge on any atom is 0.301 e. The first-order valence-corrected chi connectivity index (χ1v) is 14.6. The maximum absolute atomic E-state index is 13.7. The summed E-state index contributed by atoms with van der Waals surface area (Å²) in [5.41, 5.74) is 4.93. The molecule has 7 nitrogen and oxygen atoms in total. The van der Waals surface area contributed by atoms with Gasteiger partial charge in [0.15, 0.2) is 16.6 Å². The largest absolute Gasteiger partial charge is 0.507 e. The van der Waals surface area contributed by atoms with Gasteiger partial charge in [-0.05, 0) is 62.1 Å². The molecule has 1 amide bonds. The van der Waals surface area contributed by atoms with Crippen molar-refractivity contribution in [2.75, 3.05) is 18.6 Å². The van der Waals surface area contributed by atoms with Crippen molar-refractivity contribution < 1.29 is 24.2 Å². The summed E-state index contributed by atoms with van der Waals surface area (Å²) in [5, 5.41) is 11.9. The third kappa shape index (κ3) is 5.44. The van der Waals surface area contributed by atoms with E-state index in [1.165, 1.54) is 16.2 Å². The van der Waals surface area contributed by atoms with Gasteiger partial charge in [0.2, 0.25) is 0 Å². The molecular weight excluding hydrogens is 536 g/mol. The zero-order valence-corrected chi connectivity index (χ0v) is 24.8. The van der Waals surface area contributed by atoms with Gasteiger partial charge in [-0.2, -0.15) is 0 Å². The molecule has 1 aliphatic rings. The zero-order valence-electron chi connectivity index (χ0n) is 24.0. The number of unbranched alkanes of at least 4 members (excludes halogenated alkanes) is 2. The van der Waals surface area contributed by atoms with Gasteiger partial charge in [0.25, 0.3) is 5.78 Å². The highest BCUT2D eigenvalue weighted by atomic mass is 32.1. The molecule has 3 aromatic carbocycles. The smallest absolute Gasteiger partial charge is 0.301 e. The van der Waals surface area contributed by atoms with Crippen LogP contribution in [-0.2, 0) is 9.59 Å². The average molecular weight is 571 g/mol. The summed E-state index contributed by atoms with van der Waals surface area (Å²) in [6.45, 7) is 8.62. The van der Waals surface area contributed by atoms with Crippen molar-refractivity contribution in [1.29, 1.82) is 0 Å². The fourth-order valence-electron chi connectivity index (χ4n) is 5.18. The van der Waals surface area contributed by atoms with Gasteiger partial charge >= 0.3 is 5.91 Å². The number of carbonyl (C=O) groups excluding carboxylic acids is 2. The molecular formula is C33H34N2O5S. The monoisotopic (exact) mass is 570 g/mol. The van der Waals surface area contributed by atoms with E-state index in [4.69, 9.17) is 14.5 Å². The molecule has 4 aromatic rings. The van der Waals surface area contributed by atoms with E-state index in [1.54, 1.807) is 31.4 Å². The minimum absolute atomic E-state index is 0.00433. The van der Waals surface area contributed by atoms with Crippen LogP contribution in [0.15, 0.2) is 60.2 Å². The fourth-order valence-corrected chi connectivity index (χ4v) is 6.35. The molecule has 1 fully saturated rings. The van der Waals surface area contributed by atoms with Crippen molar-refractivity contribution in [3.63, 3.8) is 0 Å². The highest BCUT2D eigenvalue weighted by molar-refractivity contribution is 7.22. The number of Topliss-reactive ketones (excluding diaryl/α,β-unsaturated/α-hetero) is 1. The number of aromatic nitrogens is 1. The van der Waals surface area contributed by atoms with Crippen LogP contribution in [0.1, 0.15) is 60.0 Å². The normalized spacial score (nSPS) is 16.5. The predicted molar refractivity (Wildman–Crippen MR) is 163 cm³/mol. The third-order valence-electron chi connectivity index (χ3n) is 7.30. The van der Waals surface area contributed by atoms with E-state index in [2.05, 4.69) is 6.92 Å². The number of thiazole rings is 1. The number of aliphatic hydroxyl groups is 1. The Hall–Kier alpha value is -4.17. The van der Waals surface area contributed by atoms with E-state index in [0.717, 1.165) is 46.2 Å². The summed E-state index contributed by atoms with van der Waals surface area (Å²) in [7, 11) is 1.56. The molecule has 1 unspecified atom stereocenters. The van der Waals surface area contributed by atoms with Crippen molar-refractivity contribution in [2.24, 2.45) is 0 Å². The van der Waals surface area contributed by atoms with Gasteiger partial charge in [-0.25, -0.2) is 4.98 Å². The molecule has 0 radical (unpaired) electrons. The van der Waals surface area contributed by atoms with E-state index in [1.807, 2.05) is 51.1 Å². The number of methoxy groups -OCH3 is 1. The molecule has 1 aliphatic heterocycles. The van der Waals surface area contributed by atoms with E-state index in [-0.39, 0.29) is 11.3 Å². The molecule has 1 aromatic heterocycles. The molecule has 0 spiro atoms. The number of ketones is 1.